The van der Waals surface area contributed by atoms with E-state index in [0.717, 1.165) is 17.5 Å². The van der Waals surface area contributed by atoms with Crippen molar-refractivity contribution >= 4 is 21.0 Å². The van der Waals surface area contributed by atoms with Crippen LogP contribution in [-0.4, -0.2) is 13.4 Å². The second-order valence-electron chi connectivity index (χ2n) is 5.74. The lowest BCUT2D eigenvalue weighted by Gasteiger charge is -2.11. The maximum atomic E-state index is 13.4. The molecule has 4 nitrogen and oxygen atoms in total. The normalized spacial score (nSPS) is 11.8. The molecule has 0 amide bonds. The van der Waals surface area contributed by atoms with Crippen molar-refractivity contribution in [3.05, 3.63) is 59.5 Å². The number of aromatic nitrogens is 1. The first-order valence-electron chi connectivity index (χ1n) is 7.71. The molecule has 1 N–H and O–H groups in total. The Morgan fingerprint density at radius 3 is 2.71 bits per heavy atom. The Bertz CT molecular complexity index is 993. The Morgan fingerprint density at radius 2 is 1.96 bits per heavy atom. The van der Waals surface area contributed by atoms with Crippen molar-refractivity contribution in [3.63, 3.8) is 0 Å². The van der Waals surface area contributed by atoms with Gasteiger partial charge in [-0.2, -0.15) is 8.42 Å². The van der Waals surface area contributed by atoms with Crippen molar-refractivity contribution in [2.75, 3.05) is 0 Å². The van der Waals surface area contributed by atoms with Crippen molar-refractivity contribution in [2.45, 2.75) is 31.6 Å². The Balaban J connectivity index is 2.03. The predicted octanol–water partition coefficient (Wildman–Crippen LogP) is 4.34. The second kappa shape index (κ2) is 6.28. The molecule has 0 saturated heterocycles. The average molecular weight is 347 g/mol. The van der Waals surface area contributed by atoms with Gasteiger partial charge in [-0.05, 0) is 43.2 Å². The summed E-state index contributed by atoms with van der Waals surface area (Å²) in [6, 6.07) is 9.25. The molecule has 0 unspecified atom stereocenters. The lowest BCUT2D eigenvalue weighted by Crippen LogP contribution is -2.12. The topological polar surface area (TPSA) is 59.2 Å². The molecule has 1 heterocycles. The maximum Gasteiger partial charge on any atom is 0.339 e. The fourth-order valence-corrected chi connectivity index (χ4v) is 3.90. The summed E-state index contributed by atoms with van der Waals surface area (Å²) in [6.07, 6.45) is 2.89. The van der Waals surface area contributed by atoms with Crippen LogP contribution in [0.5, 0.6) is 5.75 Å². The van der Waals surface area contributed by atoms with Gasteiger partial charge in [0.1, 0.15) is 10.7 Å². The summed E-state index contributed by atoms with van der Waals surface area (Å²) in [5.74, 6) is -0.362. The van der Waals surface area contributed by atoms with Gasteiger partial charge in [-0.25, -0.2) is 4.39 Å². The highest BCUT2D eigenvalue weighted by Crippen LogP contribution is 2.30. The van der Waals surface area contributed by atoms with Crippen LogP contribution in [0.15, 0.2) is 47.5 Å². The van der Waals surface area contributed by atoms with Crippen LogP contribution in [0.25, 0.3) is 10.9 Å². The zero-order chi connectivity index (χ0) is 17.3. The Labute approximate surface area is 140 Å². The predicted molar refractivity (Wildman–Crippen MR) is 91.2 cm³/mol. The minimum absolute atomic E-state index is 0.0903. The van der Waals surface area contributed by atoms with E-state index in [1.54, 1.807) is 18.2 Å². The van der Waals surface area contributed by atoms with Gasteiger partial charge in [0.05, 0.1) is 0 Å². The molecule has 0 aliphatic carbocycles. The lowest BCUT2D eigenvalue weighted by atomic mass is 10.1. The van der Waals surface area contributed by atoms with Gasteiger partial charge in [0.15, 0.2) is 5.75 Å². The molecule has 6 heteroatoms. The van der Waals surface area contributed by atoms with Crippen LogP contribution >= 0.6 is 0 Å². The summed E-state index contributed by atoms with van der Waals surface area (Å²) < 4.78 is 44.1. The van der Waals surface area contributed by atoms with Crippen molar-refractivity contribution in [1.29, 1.82) is 0 Å². The Hall–Kier alpha value is -2.34. The van der Waals surface area contributed by atoms with Gasteiger partial charge >= 0.3 is 10.1 Å². The number of rotatable bonds is 5. The van der Waals surface area contributed by atoms with Crippen molar-refractivity contribution in [1.82, 2.24) is 4.98 Å². The van der Waals surface area contributed by atoms with Gasteiger partial charge in [-0.3, -0.25) is 0 Å². The SMILES string of the molecule is CCCc1cc(C)ccc1S(=O)(=O)Oc1c[nH]c2ccc(F)cc12. The van der Waals surface area contributed by atoms with Crippen LogP contribution < -0.4 is 4.18 Å². The van der Waals surface area contributed by atoms with Gasteiger partial charge < -0.3 is 9.17 Å². The number of benzene rings is 2. The zero-order valence-corrected chi connectivity index (χ0v) is 14.3. The molecule has 126 valence electrons. The second-order valence-corrected chi connectivity index (χ2v) is 7.26. The Morgan fingerprint density at radius 1 is 1.17 bits per heavy atom. The zero-order valence-electron chi connectivity index (χ0n) is 13.5. The van der Waals surface area contributed by atoms with Gasteiger partial charge in [-0.15, -0.1) is 0 Å². The summed E-state index contributed by atoms with van der Waals surface area (Å²) in [5, 5.41) is 0.391. The smallest absolute Gasteiger partial charge is 0.339 e. The highest BCUT2D eigenvalue weighted by atomic mass is 32.2. The van der Waals surface area contributed by atoms with E-state index < -0.39 is 15.9 Å². The molecular weight excluding hydrogens is 329 g/mol. The first kappa shape index (κ1) is 16.5. The number of nitrogens with one attached hydrogen (secondary N) is 1. The van der Waals surface area contributed by atoms with Crippen LogP contribution in [0, 0.1) is 12.7 Å². The van der Waals surface area contributed by atoms with Crippen molar-refractivity contribution < 1.29 is 17.0 Å². The molecule has 1 aromatic heterocycles. The van der Waals surface area contributed by atoms with E-state index in [9.17, 15) is 12.8 Å². The number of aryl methyl sites for hydroxylation is 2. The number of aromatic amines is 1. The molecule has 2 aromatic carbocycles. The first-order chi connectivity index (χ1) is 11.4. The molecule has 0 aliphatic rings. The highest BCUT2D eigenvalue weighted by molar-refractivity contribution is 7.87. The van der Waals surface area contributed by atoms with Gasteiger partial charge in [-0.1, -0.05) is 31.0 Å². The standard InChI is InChI=1S/C18H18FNO3S/c1-3-4-13-9-12(2)5-8-18(13)24(21,22)23-17-11-20-16-7-6-14(19)10-15(16)17/h5-11,20H,3-4H2,1-2H3. The lowest BCUT2D eigenvalue weighted by molar-refractivity contribution is 0.487. The largest absolute Gasteiger partial charge is 0.377 e. The van der Waals surface area contributed by atoms with Crippen molar-refractivity contribution in [2.24, 2.45) is 0 Å². The summed E-state index contributed by atoms with van der Waals surface area (Å²) in [6.45, 7) is 3.90. The van der Waals surface area contributed by atoms with E-state index in [0.29, 0.717) is 17.3 Å². The van der Waals surface area contributed by atoms with Gasteiger partial charge in [0, 0.05) is 17.1 Å². The summed E-state index contributed by atoms with van der Waals surface area (Å²) in [5.41, 5.74) is 2.33. The third-order valence-electron chi connectivity index (χ3n) is 3.81. The first-order valence-corrected chi connectivity index (χ1v) is 9.12. The van der Waals surface area contributed by atoms with Crippen LogP contribution in [0.3, 0.4) is 0 Å². The average Bonchev–Trinajstić information content (AvgIpc) is 2.89. The fraction of sp³-hybridized carbons (Fsp3) is 0.222. The summed E-state index contributed by atoms with van der Waals surface area (Å²) in [7, 11) is -4.00. The fourth-order valence-electron chi connectivity index (χ4n) is 2.72. The molecule has 0 radical (unpaired) electrons. The van der Waals surface area contributed by atoms with Crippen molar-refractivity contribution in [3.8, 4) is 5.75 Å². The minimum atomic E-state index is -4.00. The number of hydrogen-bond acceptors (Lipinski definition) is 3. The quantitative estimate of drug-likeness (QED) is 0.699. The van der Waals surface area contributed by atoms with Crippen LogP contribution in [-0.2, 0) is 16.5 Å². The van der Waals surface area contributed by atoms with E-state index in [1.807, 2.05) is 19.9 Å². The van der Waals surface area contributed by atoms with E-state index in [1.165, 1.54) is 18.3 Å². The number of fused-ring (bicyclic) bond motifs is 1. The molecule has 0 atom stereocenters. The maximum absolute atomic E-state index is 13.4. The summed E-state index contributed by atoms with van der Waals surface area (Å²) >= 11 is 0. The number of halogens is 1. The highest BCUT2D eigenvalue weighted by Gasteiger charge is 2.22. The molecule has 3 rings (SSSR count). The minimum Gasteiger partial charge on any atom is -0.377 e. The molecule has 0 bridgehead atoms. The molecule has 3 aromatic rings. The third-order valence-corrected chi connectivity index (χ3v) is 5.15. The van der Waals surface area contributed by atoms with E-state index in [4.69, 9.17) is 4.18 Å². The van der Waals surface area contributed by atoms with Gasteiger partial charge in [0.2, 0.25) is 0 Å². The molecule has 0 spiro atoms. The monoisotopic (exact) mass is 347 g/mol. The van der Waals surface area contributed by atoms with E-state index >= 15 is 0 Å². The third kappa shape index (κ3) is 3.14. The van der Waals surface area contributed by atoms with Crippen LogP contribution in [0.2, 0.25) is 0 Å². The molecule has 0 aliphatic heterocycles. The molecule has 0 fully saturated rings. The molecule has 0 saturated carbocycles. The summed E-state index contributed by atoms with van der Waals surface area (Å²) in [4.78, 5) is 3.04. The number of hydrogen-bond donors (Lipinski definition) is 1. The Kier molecular flexibility index (Phi) is 4.32. The van der Waals surface area contributed by atoms with E-state index in [-0.39, 0.29) is 10.6 Å². The van der Waals surface area contributed by atoms with Crippen LogP contribution in [0.1, 0.15) is 24.5 Å². The molecule has 24 heavy (non-hydrogen) atoms. The van der Waals surface area contributed by atoms with Gasteiger partial charge in [0.25, 0.3) is 0 Å². The molecular formula is C18H18FNO3S. The van der Waals surface area contributed by atoms with E-state index in [2.05, 4.69) is 4.98 Å². The number of H-pyrrole nitrogens is 1. The van der Waals surface area contributed by atoms with Crippen LogP contribution in [0.4, 0.5) is 4.39 Å².